The maximum Gasteiger partial charge on any atom is 0.160 e. The van der Waals surface area contributed by atoms with E-state index in [1.807, 2.05) is 17.4 Å². The molecule has 0 aliphatic carbocycles. The minimum Gasteiger partial charge on any atom is -0.300 e. The van der Waals surface area contributed by atoms with E-state index in [1.54, 1.807) is 0 Å². The van der Waals surface area contributed by atoms with E-state index >= 15 is 0 Å². The summed E-state index contributed by atoms with van der Waals surface area (Å²) >= 11 is 1.88. The van der Waals surface area contributed by atoms with E-state index in [0.29, 0.717) is 0 Å². The molecule has 1 aliphatic rings. The summed E-state index contributed by atoms with van der Waals surface area (Å²) in [6, 6.07) is 41.1. The first-order chi connectivity index (χ1) is 20.1. The van der Waals surface area contributed by atoms with Crippen LogP contribution in [0.4, 0.5) is 0 Å². The molecule has 0 saturated carbocycles. The second-order valence-electron chi connectivity index (χ2n) is 11.4. The molecule has 5 aromatic carbocycles. The first-order valence-electron chi connectivity index (χ1n) is 14.0. The topological polar surface area (TPSA) is 30.7 Å². The zero-order valence-corrected chi connectivity index (χ0v) is 23.5. The minimum absolute atomic E-state index is 0.250. The van der Waals surface area contributed by atoms with Gasteiger partial charge in [0.05, 0.1) is 22.4 Å². The molecule has 0 saturated heterocycles. The third-order valence-corrected chi connectivity index (χ3v) is 9.94. The van der Waals surface area contributed by atoms with Crippen LogP contribution < -0.4 is 0 Å². The molecule has 3 nitrogen and oxygen atoms in total. The molecule has 0 bridgehead atoms. The number of hydrogen-bond donors (Lipinski definition) is 0. The first kappa shape index (κ1) is 23.0. The van der Waals surface area contributed by atoms with E-state index in [-0.39, 0.29) is 5.41 Å². The normalized spacial score (nSPS) is 13.8. The maximum absolute atomic E-state index is 5.29. The molecule has 8 aromatic rings. The van der Waals surface area contributed by atoms with Gasteiger partial charge in [-0.1, -0.05) is 111 Å². The number of para-hydroxylation sites is 2. The molecule has 1 aliphatic heterocycles. The Hall–Kier alpha value is -4.80. The standard InChI is InChI=1S/C37H25N3S/c1-37(2)27-18-10-16-25-31-24-15-7-9-21-30(24)41-36(31)40(34(25)27)29-20-11-17-26(32(29)37)35-38-28-19-8-6-14-23(28)33(39-35)22-12-4-3-5-13-22/h3-21H,1-2H3. The van der Waals surface area contributed by atoms with Crippen molar-refractivity contribution < 1.29 is 0 Å². The van der Waals surface area contributed by atoms with Crippen LogP contribution in [0.2, 0.25) is 0 Å². The Balaban J connectivity index is 1.40. The Morgan fingerprint density at radius 3 is 2.27 bits per heavy atom. The van der Waals surface area contributed by atoms with Gasteiger partial charge in [-0.25, -0.2) is 9.97 Å². The first-order valence-corrected chi connectivity index (χ1v) is 14.8. The van der Waals surface area contributed by atoms with Crippen molar-refractivity contribution in [1.82, 2.24) is 14.5 Å². The monoisotopic (exact) mass is 543 g/mol. The lowest BCUT2D eigenvalue weighted by molar-refractivity contribution is 0.631. The molecule has 0 amide bonds. The van der Waals surface area contributed by atoms with Crippen LogP contribution in [0.3, 0.4) is 0 Å². The van der Waals surface area contributed by atoms with Gasteiger partial charge >= 0.3 is 0 Å². The SMILES string of the molecule is CC1(C)c2c(-c3nc(-c4ccccc4)c4ccccc4n3)cccc2-n2c3sc4ccccc4c3c3cccc1c32. The van der Waals surface area contributed by atoms with Crippen LogP contribution in [0.1, 0.15) is 25.0 Å². The van der Waals surface area contributed by atoms with Crippen molar-refractivity contribution in [2.24, 2.45) is 0 Å². The van der Waals surface area contributed by atoms with Crippen molar-refractivity contribution in [2.45, 2.75) is 19.3 Å². The average Bonchev–Trinajstić information content (AvgIpc) is 3.55. The van der Waals surface area contributed by atoms with E-state index in [9.17, 15) is 0 Å². The highest BCUT2D eigenvalue weighted by atomic mass is 32.1. The van der Waals surface area contributed by atoms with Gasteiger partial charge in [0, 0.05) is 42.8 Å². The van der Waals surface area contributed by atoms with Gasteiger partial charge in [0.25, 0.3) is 0 Å². The predicted octanol–water partition coefficient (Wildman–Crippen LogP) is 9.91. The summed E-state index contributed by atoms with van der Waals surface area (Å²) < 4.78 is 3.83. The fraction of sp³-hybridized carbons (Fsp3) is 0.0811. The largest absolute Gasteiger partial charge is 0.300 e. The Kier molecular flexibility index (Phi) is 4.55. The van der Waals surface area contributed by atoms with Gasteiger partial charge < -0.3 is 4.57 Å². The van der Waals surface area contributed by atoms with Gasteiger partial charge in [0.15, 0.2) is 5.82 Å². The fourth-order valence-corrected chi connectivity index (χ4v) is 8.23. The number of fused-ring (bicyclic) bond motifs is 8. The van der Waals surface area contributed by atoms with Gasteiger partial charge in [0.2, 0.25) is 0 Å². The Bertz CT molecular complexity index is 2340. The summed E-state index contributed by atoms with van der Waals surface area (Å²) in [5.41, 5.74) is 9.00. The molecule has 0 spiro atoms. The highest BCUT2D eigenvalue weighted by Gasteiger charge is 2.38. The molecule has 4 heterocycles. The van der Waals surface area contributed by atoms with E-state index in [1.165, 1.54) is 48.0 Å². The van der Waals surface area contributed by atoms with Gasteiger partial charge in [-0.15, -0.1) is 11.3 Å². The molecule has 9 rings (SSSR count). The van der Waals surface area contributed by atoms with Crippen LogP contribution in [0.15, 0.2) is 115 Å². The molecule has 0 unspecified atom stereocenters. The number of nitrogens with zero attached hydrogens (tertiary/aromatic N) is 3. The van der Waals surface area contributed by atoms with E-state index in [4.69, 9.17) is 9.97 Å². The van der Waals surface area contributed by atoms with Crippen LogP contribution >= 0.6 is 11.3 Å². The molecule has 0 N–H and O–H groups in total. The van der Waals surface area contributed by atoms with Crippen LogP contribution in [-0.2, 0) is 5.41 Å². The summed E-state index contributed by atoms with van der Waals surface area (Å²) in [5, 5.41) is 5.07. The number of aromatic nitrogens is 3. The Morgan fingerprint density at radius 2 is 1.39 bits per heavy atom. The molecular formula is C37H25N3S. The quantitative estimate of drug-likeness (QED) is 0.217. The van der Waals surface area contributed by atoms with Crippen molar-refractivity contribution >= 4 is 53.4 Å². The summed E-state index contributed by atoms with van der Waals surface area (Å²) in [6.45, 7) is 4.71. The van der Waals surface area contributed by atoms with Crippen molar-refractivity contribution in [3.8, 4) is 28.3 Å². The minimum atomic E-state index is -0.250. The summed E-state index contributed by atoms with van der Waals surface area (Å²) in [6.07, 6.45) is 0. The summed E-state index contributed by atoms with van der Waals surface area (Å²) in [5.74, 6) is 0.767. The second kappa shape index (κ2) is 8.12. The van der Waals surface area contributed by atoms with Gasteiger partial charge in [0.1, 0.15) is 4.83 Å². The van der Waals surface area contributed by atoms with E-state index < -0.39 is 0 Å². The van der Waals surface area contributed by atoms with Crippen LogP contribution in [0.5, 0.6) is 0 Å². The third kappa shape index (κ3) is 3.03. The molecule has 41 heavy (non-hydrogen) atoms. The second-order valence-corrected chi connectivity index (χ2v) is 12.4. The van der Waals surface area contributed by atoms with E-state index in [2.05, 4.69) is 128 Å². The highest BCUT2D eigenvalue weighted by Crippen LogP contribution is 2.52. The van der Waals surface area contributed by atoms with Crippen molar-refractivity contribution in [3.05, 3.63) is 126 Å². The lowest BCUT2D eigenvalue weighted by atomic mass is 9.72. The Morgan fingerprint density at radius 1 is 0.659 bits per heavy atom. The maximum atomic E-state index is 5.29. The molecule has 3 aromatic heterocycles. The molecular weight excluding hydrogens is 518 g/mol. The van der Waals surface area contributed by atoms with Gasteiger partial charge in [-0.2, -0.15) is 0 Å². The Labute approximate surface area is 241 Å². The molecule has 0 radical (unpaired) electrons. The van der Waals surface area contributed by atoms with Crippen molar-refractivity contribution in [2.75, 3.05) is 0 Å². The van der Waals surface area contributed by atoms with E-state index in [0.717, 1.165) is 33.5 Å². The predicted molar refractivity (Wildman–Crippen MR) is 172 cm³/mol. The molecule has 194 valence electrons. The molecule has 0 fully saturated rings. The zero-order valence-electron chi connectivity index (χ0n) is 22.7. The van der Waals surface area contributed by atoms with Crippen LogP contribution in [0.25, 0.3) is 70.4 Å². The molecule has 4 heteroatoms. The average molecular weight is 544 g/mol. The summed E-state index contributed by atoms with van der Waals surface area (Å²) in [4.78, 5) is 11.8. The van der Waals surface area contributed by atoms with Gasteiger partial charge in [-0.05, 0) is 29.3 Å². The smallest absolute Gasteiger partial charge is 0.160 e. The zero-order chi connectivity index (χ0) is 27.3. The lowest BCUT2D eigenvalue weighted by Gasteiger charge is -2.36. The van der Waals surface area contributed by atoms with Crippen LogP contribution in [-0.4, -0.2) is 14.5 Å². The fourth-order valence-electron chi connectivity index (χ4n) is 6.99. The third-order valence-electron chi connectivity index (χ3n) is 8.78. The number of thiophene rings is 1. The number of hydrogen-bond acceptors (Lipinski definition) is 3. The lowest BCUT2D eigenvalue weighted by Crippen LogP contribution is -2.27. The summed E-state index contributed by atoms with van der Waals surface area (Å²) in [7, 11) is 0. The number of rotatable bonds is 2. The van der Waals surface area contributed by atoms with Crippen molar-refractivity contribution in [1.29, 1.82) is 0 Å². The van der Waals surface area contributed by atoms with Gasteiger partial charge in [-0.3, -0.25) is 0 Å². The van der Waals surface area contributed by atoms with Crippen molar-refractivity contribution in [3.63, 3.8) is 0 Å². The number of benzene rings is 5. The molecule has 0 atom stereocenters. The van der Waals surface area contributed by atoms with Crippen LogP contribution in [0, 0.1) is 0 Å². The highest BCUT2D eigenvalue weighted by molar-refractivity contribution is 7.25.